The van der Waals surface area contributed by atoms with E-state index >= 15 is 0 Å². The van der Waals surface area contributed by atoms with Crippen molar-refractivity contribution in [3.63, 3.8) is 0 Å². The van der Waals surface area contributed by atoms with E-state index < -0.39 is 23.1 Å². The van der Waals surface area contributed by atoms with Crippen LogP contribution in [0.4, 0.5) is 18.9 Å². The van der Waals surface area contributed by atoms with Gasteiger partial charge in [-0.05, 0) is 62.9 Å². The lowest BCUT2D eigenvalue weighted by Gasteiger charge is -2.42. The summed E-state index contributed by atoms with van der Waals surface area (Å²) in [5, 5.41) is 0. The summed E-state index contributed by atoms with van der Waals surface area (Å²) in [6.07, 6.45) is 1.49. The van der Waals surface area contributed by atoms with Crippen molar-refractivity contribution in [1.82, 2.24) is 4.90 Å². The Hall–Kier alpha value is -2.50. The summed E-state index contributed by atoms with van der Waals surface area (Å²) in [7, 11) is 0. The van der Waals surface area contributed by atoms with Crippen molar-refractivity contribution in [1.29, 1.82) is 0 Å². The summed E-state index contributed by atoms with van der Waals surface area (Å²) < 4.78 is 41.9. The highest BCUT2D eigenvalue weighted by atomic mass is 19.1. The number of carbonyl (C=O) groups excluding carboxylic acids is 1. The number of likely N-dealkylation sites (tertiary alicyclic amines) is 1. The minimum Gasteiger partial charge on any atom is -0.363 e. The lowest BCUT2D eigenvalue weighted by Crippen LogP contribution is -2.50. The van der Waals surface area contributed by atoms with Crippen molar-refractivity contribution in [2.75, 3.05) is 18.0 Å². The summed E-state index contributed by atoms with van der Waals surface area (Å²) in [6, 6.07) is 10.2. The molecule has 0 spiro atoms. The van der Waals surface area contributed by atoms with Gasteiger partial charge in [-0.2, -0.15) is 0 Å². The number of benzene rings is 2. The van der Waals surface area contributed by atoms with E-state index in [4.69, 9.17) is 0 Å². The van der Waals surface area contributed by atoms with Gasteiger partial charge in [0.15, 0.2) is 0 Å². The second-order valence-electron chi connectivity index (χ2n) is 8.33. The highest BCUT2D eigenvalue weighted by molar-refractivity contribution is 5.94. The van der Waals surface area contributed by atoms with Gasteiger partial charge in [0.05, 0.1) is 0 Å². The van der Waals surface area contributed by atoms with Gasteiger partial charge in [0.25, 0.3) is 5.91 Å². The van der Waals surface area contributed by atoms with E-state index in [1.807, 2.05) is 6.07 Å². The Morgan fingerprint density at radius 3 is 2.43 bits per heavy atom. The molecule has 0 aliphatic carbocycles. The first-order valence-corrected chi connectivity index (χ1v) is 9.56. The monoisotopic (exact) mass is 388 g/mol. The highest BCUT2D eigenvalue weighted by Gasteiger charge is 2.49. The largest absolute Gasteiger partial charge is 0.363 e. The first kappa shape index (κ1) is 18.8. The Morgan fingerprint density at radius 2 is 1.75 bits per heavy atom. The molecule has 2 aromatic rings. The minimum absolute atomic E-state index is 0.158. The maximum Gasteiger partial charge on any atom is 0.259 e. The van der Waals surface area contributed by atoms with Gasteiger partial charge in [0, 0.05) is 30.4 Å². The molecule has 2 heterocycles. The van der Waals surface area contributed by atoms with Crippen LogP contribution in [0.15, 0.2) is 42.5 Å². The zero-order valence-electron chi connectivity index (χ0n) is 16.0. The molecule has 28 heavy (non-hydrogen) atoms. The van der Waals surface area contributed by atoms with Gasteiger partial charge in [0.1, 0.15) is 23.0 Å². The van der Waals surface area contributed by atoms with Gasteiger partial charge in [-0.3, -0.25) is 4.79 Å². The molecule has 3 nitrogen and oxygen atoms in total. The molecule has 4 rings (SSSR count). The van der Waals surface area contributed by atoms with Crippen molar-refractivity contribution in [2.45, 2.75) is 38.3 Å². The van der Waals surface area contributed by atoms with Crippen molar-refractivity contribution >= 4 is 11.6 Å². The SMILES string of the molecule is CC1(C)C[C@@H]2CN(C(=O)c3c(F)cccc3F)CC[C@@H]2N1c1cccc(F)c1. The molecule has 2 fully saturated rings. The average molecular weight is 388 g/mol. The van der Waals surface area contributed by atoms with E-state index in [0.717, 1.165) is 24.2 Å². The zero-order chi connectivity index (χ0) is 20.1. The Morgan fingerprint density at radius 1 is 1.07 bits per heavy atom. The van der Waals surface area contributed by atoms with Gasteiger partial charge >= 0.3 is 0 Å². The Labute approximate surface area is 162 Å². The molecule has 1 amide bonds. The molecule has 2 saturated heterocycles. The molecule has 0 radical (unpaired) electrons. The second-order valence-corrected chi connectivity index (χ2v) is 8.33. The van der Waals surface area contributed by atoms with Crippen LogP contribution in [-0.4, -0.2) is 35.5 Å². The van der Waals surface area contributed by atoms with Crippen molar-refractivity contribution in [3.8, 4) is 0 Å². The van der Waals surface area contributed by atoms with Crippen LogP contribution in [0.2, 0.25) is 0 Å². The van der Waals surface area contributed by atoms with Gasteiger partial charge < -0.3 is 9.80 Å². The predicted molar refractivity (Wildman–Crippen MR) is 102 cm³/mol. The van der Waals surface area contributed by atoms with Gasteiger partial charge in [-0.25, -0.2) is 13.2 Å². The Bertz CT molecular complexity index is 894. The maximum atomic E-state index is 14.0. The van der Waals surface area contributed by atoms with Crippen LogP contribution in [0.1, 0.15) is 37.0 Å². The molecule has 0 saturated carbocycles. The third-order valence-corrected chi connectivity index (χ3v) is 5.99. The van der Waals surface area contributed by atoms with Crippen LogP contribution in [0.3, 0.4) is 0 Å². The van der Waals surface area contributed by atoms with E-state index in [1.54, 1.807) is 11.0 Å². The number of halogens is 3. The third-order valence-electron chi connectivity index (χ3n) is 5.99. The normalized spacial score (nSPS) is 23.6. The lowest BCUT2D eigenvalue weighted by molar-refractivity contribution is 0.0657. The number of fused-ring (bicyclic) bond motifs is 1. The van der Waals surface area contributed by atoms with Crippen LogP contribution in [0.25, 0.3) is 0 Å². The second kappa shape index (κ2) is 6.83. The number of piperidine rings is 1. The molecule has 2 aliphatic heterocycles. The molecule has 2 aromatic carbocycles. The molecule has 2 atom stereocenters. The summed E-state index contributed by atoms with van der Waals surface area (Å²) in [5.74, 6) is -2.39. The third kappa shape index (κ3) is 3.15. The quantitative estimate of drug-likeness (QED) is 0.749. The number of hydrogen-bond acceptors (Lipinski definition) is 2. The topological polar surface area (TPSA) is 23.6 Å². The molecule has 0 aromatic heterocycles. The molecule has 0 N–H and O–H groups in total. The van der Waals surface area contributed by atoms with Gasteiger partial charge in [-0.15, -0.1) is 0 Å². The molecular formula is C22H23F3N2O. The summed E-state index contributed by atoms with van der Waals surface area (Å²) in [5.41, 5.74) is 0.142. The molecule has 0 bridgehead atoms. The number of nitrogens with zero attached hydrogens (tertiary/aromatic N) is 2. The van der Waals surface area contributed by atoms with E-state index in [0.29, 0.717) is 19.5 Å². The van der Waals surface area contributed by atoms with E-state index in [-0.39, 0.29) is 23.3 Å². The number of hydrogen-bond donors (Lipinski definition) is 0. The van der Waals surface area contributed by atoms with Crippen LogP contribution in [0, 0.1) is 23.4 Å². The molecular weight excluding hydrogens is 365 g/mol. The Kier molecular flexibility index (Phi) is 4.60. The first-order chi connectivity index (χ1) is 13.3. The summed E-state index contributed by atoms with van der Waals surface area (Å²) >= 11 is 0. The van der Waals surface area contributed by atoms with Crippen LogP contribution in [0.5, 0.6) is 0 Å². The fourth-order valence-corrected chi connectivity index (χ4v) is 4.96. The molecule has 0 unspecified atom stereocenters. The molecule has 2 aliphatic rings. The number of anilines is 1. The number of carbonyl (C=O) groups is 1. The van der Waals surface area contributed by atoms with E-state index in [1.165, 1.54) is 18.2 Å². The summed E-state index contributed by atoms with van der Waals surface area (Å²) in [4.78, 5) is 16.6. The first-order valence-electron chi connectivity index (χ1n) is 9.56. The highest BCUT2D eigenvalue weighted by Crippen LogP contribution is 2.45. The maximum absolute atomic E-state index is 14.0. The minimum atomic E-state index is -0.833. The average Bonchev–Trinajstić information content (AvgIpc) is 2.90. The number of rotatable bonds is 2. The van der Waals surface area contributed by atoms with Gasteiger partial charge in [-0.1, -0.05) is 12.1 Å². The van der Waals surface area contributed by atoms with Crippen molar-refractivity contribution < 1.29 is 18.0 Å². The van der Waals surface area contributed by atoms with Crippen molar-refractivity contribution in [3.05, 3.63) is 65.5 Å². The van der Waals surface area contributed by atoms with E-state index in [2.05, 4.69) is 18.7 Å². The standard InChI is InChI=1S/C22H23F3N2O/c1-22(2)12-14-13-26(21(28)20-17(24)7-4-8-18(20)25)10-9-19(14)27(22)16-6-3-5-15(23)11-16/h3-8,11,14,19H,9-10,12-13H2,1-2H3/t14-,19+/m1/s1. The van der Waals surface area contributed by atoms with E-state index in [9.17, 15) is 18.0 Å². The smallest absolute Gasteiger partial charge is 0.259 e. The van der Waals surface area contributed by atoms with Crippen LogP contribution >= 0.6 is 0 Å². The fourth-order valence-electron chi connectivity index (χ4n) is 4.96. The van der Waals surface area contributed by atoms with Crippen LogP contribution in [-0.2, 0) is 0 Å². The molecule has 148 valence electrons. The van der Waals surface area contributed by atoms with Crippen LogP contribution < -0.4 is 4.90 Å². The number of amides is 1. The summed E-state index contributed by atoms with van der Waals surface area (Å²) in [6.45, 7) is 5.07. The Balaban J connectivity index is 1.58. The zero-order valence-corrected chi connectivity index (χ0v) is 16.0. The fraction of sp³-hybridized carbons (Fsp3) is 0.409. The molecule has 6 heteroatoms. The lowest BCUT2D eigenvalue weighted by atomic mass is 9.89. The van der Waals surface area contributed by atoms with Crippen molar-refractivity contribution in [2.24, 2.45) is 5.92 Å². The predicted octanol–water partition coefficient (Wildman–Crippen LogP) is 4.62. The van der Waals surface area contributed by atoms with Gasteiger partial charge in [0.2, 0.25) is 0 Å².